The average molecular weight is 381 g/mol. The van der Waals surface area contributed by atoms with Gasteiger partial charge in [0.25, 0.3) is 11.9 Å². The van der Waals surface area contributed by atoms with Crippen molar-refractivity contribution < 1.29 is 29.0 Å². The molecule has 0 saturated heterocycles. The number of rotatable bonds is 4. The van der Waals surface area contributed by atoms with Gasteiger partial charge >= 0.3 is 7.12 Å². The van der Waals surface area contributed by atoms with Crippen LogP contribution in [0, 0.1) is 0 Å². The monoisotopic (exact) mass is 381 g/mol. The number of hydrogen-bond donors (Lipinski definition) is 2. The number of ether oxygens (including phenoxy) is 2. The van der Waals surface area contributed by atoms with Crippen molar-refractivity contribution in [2.24, 2.45) is 0 Å². The highest BCUT2D eigenvalue weighted by molar-refractivity contribution is 6.61. The fraction of sp³-hybridized carbons (Fsp3) is 0.200. The smallest absolute Gasteiger partial charge is 0.494 e. The van der Waals surface area contributed by atoms with Crippen LogP contribution in [-0.2, 0) is 22.3 Å². The molecule has 2 aromatic rings. The molecule has 2 heterocycles. The Bertz CT molecular complexity index is 889. The van der Waals surface area contributed by atoms with Crippen LogP contribution >= 0.6 is 0 Å². The molecular weight excluding hydrogens is 361 g/mol. The number of nitrogens with zero attached hydrogens (tertiary/aromatic N) is 1. The maximum atomic E-state index is 9.81. The topological polar surface area (TPSA) is 80.6 Å². The molecule has 0 unspecified atom stereocenters. The zero-order valence-corrected chi connectivity index (χ0v) is 15.4. The van der Waals surface area contributed by atoms with Gasteiger partial charge in [-0.25, -0.2) is 0 Å². The van der Waals surface area contributed by atoms with E-state index in [1.165, 1.54) is 22.9 Å². The zero-order chi connectivity index (χ0) is 19.5. The lowest BCUT2D eigenvalue weighted by Crippen LogP contribution is -2.37. The molecule has 4 rings (SSSR count). The Balaban J connectivity index is 1.43. The van der Waals surface area contributed by atoms with Crippen LogP contribution in [0.4, 0.5) is 0 Å². The van der Waals surface area contributed by atoms with Gasteiger partial charge in [0.2, 0.25) is 0 Å². The summed E-state index contributed by atoms with van der Waals surface area (Å²) in [5.41, 5.74) is 2.84. The summed E-state index contributed by atoms with van der Waals surface area (Å²) in [5, 5.41) is 19.6. The Hall–Kier alpha value is -3.42. The number of benzene rings is 2. The summed E-state index contributed by atoms with van der Waals surface area (Å²) in [7, 11) is 0.639. The fourth-order valence-corrected chi connectivity index (χ4v) is 3.11. The zero-order valence-electron chi connectivity index (χ0n) is 15.4. The molecule has 8 heteroatoms. The Morgan fingerprint density at radius 3 is 2.46 bits per heavy atom. The molecule has 2 aliphatic heterocycles. The summed E-state index contributed by atoms with van der Waals surface area (Å²) in [6.45, 7) is 1.11. The SMILES string of the molecule is CN1C=C(O)OB(c2ccc(OCc3cccc4c3OCC4)cc2)O/C(O)=C\1. The first-order chi connectivity index (χ1) is 13.6. The van der Waals surface area contributed by atoms with Crippen molar-refractivity contribution in [1.29, 1.82) is 0 Å². The second kappa shape index (κ2) is 7.68. The first kappa shape index (κ1) is 18.0. The predicted molar refractivity (Wildman–Crippen MR) is 103 cm³/mol. The van der Waals surface area contributed by atoms with Gasteiger partial charge in [-0.2, -0.15) is 0 Å². The number of aliphatic hydroxyl groups is 2. The number of fused-ring (bicyclic) bond motifs is 1. The van der Waals surface area contributed by atoms with E-state index < -0.39 is 7.12 Å². The molecule has 0 fully saturated rings. The highest BCUT2D eigenvalue weighted by atomic mass is 16.7. The third kappa shape index (κ3) is 3.95. The molecule has 7 nitrogen and oxygen atoms in total. The Morgan fingerprint density at radius 1 is 1.04 bits per heavy atom. The van der Waals surface area contributed by atoms with Crippen molar-refractivity contribution in [2.45, 2.75) is 13.0 Å². The minimum Gasteiger partial charge on any atom is -0.494 e. The molecule has 144 valence electrons. The molecule has 0 amide bonds. The van der Waals surface area contributed by atoms with Crippen LogP contribution in [0.5, 0.6) is 11.5 Å². The van der Waals surface area contributed by atoms with Crippen LogP contribution in [0.15, 0.2) is 66.8 Å². The molecule has 2 aromatic carbocycles. The van der Waals surface area contributed by atoms with Gasteiger partial charge in [0.1, 0.15) is 18.1 Å². The molecule has 2 N–H and O–H groups in total. The quantitative estimate of drug-likeness (QED) is 0.788. The predicted octanol–water partition coefficient (Wildman–Crippen LogP) is 2.59. The molecule has 0 radical (unpaired) electrons. The first-order valence-corrected chi connectivity index (χ1v) is 8.91. The number of para-hydroxylation sites is 1. The molecule has 28 heavy (non-hydrogen) atoms. The van der Waals surface area contributed by atoms with E-state index in [2.05, 4.69) is 6.07 Å². The second-order valence-electron chi connectivity index (χ2n) is 6.53. The highest BCUT2D eigenvalue weighted by Gasteiger charge is 2.29. The van der Waals surface area contributed by atoms with E-state index in [-0.39, 0.29) is 11.9 Å². The van der Waals surface area contributed by atoms with Crippen molar-refractivity contribution in [3.05, 3.63) is 77.9 Å². The lowest BCUT2D eigenvalue weighted by atomic mass is 9.79. The Labute approximate surface area is 163 Å². The summed E-state index contributed by atoms with van der Waals surface area (Å²) in [6.07, 6.45) is 3.57. The molecule has 0 bridgehead atoms. The van der Waals surface area contributed by atoms with E-state index in [0.29, 0.717) is 24.4 Å². The van der Waals surface area contributed by atoms with E-state index in [9.17, 15) is 10.2 Å². The first-order valence-electron chi connectivity index (χ1n) is 8.91. The number of aliphatic hydroxyl groups excluding tert-OH is 2. The van der Waals surface area contributed by atoms with Gasteiger partial charge in [0, 0.05) is 24.5 Å². The summed E-state index contributed by atoms with van der Waals surface area (Å²) in [4.78, 5) is 1.42. The van der Waals surface area contributed by atoms with Crippen molar-refractivity contribution in [3.8, 4) is 11.5 Å². The summed E-state index contributed by atoms with van der Waals surface area (Å²) in [6, 6.07) is 13.1. The Kier molecular flexibility index (Phi) is 4.93. The van der Waals surface area contributed by atoms with E-state index >= 15 is 0 Å². The summed E-state index contributed by atoms with van der Waals surface area (Å²) >= 11 is 0. The minimum atomic E-state index is -0.985. The normalized spacial score (nSPS) is 17.8. The van der Waals surface area contributed by atoms with Crippen LogP contribution in [0.1, 0.15) is 11.1 Å². The Morgan fingerprint density at radius 2 is 1.75 bits per heavy atom. The maximum absolute atomic E-state index is 9.81. The van der Waals surface area contributed by atoms with Crippen molar-refractivity contribution in [2.75, 3.05) is 13.7 Å². The van der Waals surface area contributed by atoms with Gasteiger partial charge in [-0.15, -0.1) is 0 Å². The molecule has 0 saturated carbocycles. The minimum absolute atomic E-state index is 0.325. The average Bonchev–Trinajstić information content (AvgIpc) is 3.14. The van der Waals surface area contributed by atoms with Crippen LogP contribution in [0.2, 0.25) is 0 Å². The van der Waals surface area contributed by atoms with Crippen molar-refractivity contribution >= 4 is 12.6 Å². The molecule has 0 aromatic heterocycles. The summed E-state index contributed by atoms with van der Waals surface area (Å²) < 4.78 is 22.2. The van der Waals surface area contributed by atoms with Gasteiger partial charge < -0.3 is 33.9 Å². The molecule has 0 aliphatic carbocycles. The third-order valence-corrected chi connectivity index (χ3v) is 4.43. The van der Waals surface area contributed by atoms with Crippen LogP contribution in [0.25, 0.3) is 0 Å². The lowest BCUT2D eigenvalue weighted by Gasteiger charge is -2.20. The fourth-order valence-electron chi connectivity index (χ4n) is 3.11. The third-order valence-electron chi connectivity index (χ3n) is 4.43. The van der Waals surface area contributed by atoms with Crippen LogP contribution in [-0.4, -0.2) is 35.9 Å². The molecular formula is C20H20BNO6. The maximum Gasteiger partial charge on any atom is 0.636 e. The van der Waals surface area contributed by atoms with E-state index in [0.717, 1.165) is 17.7 Å². The highest BCUT2D eigenvalue weighted by Crippen LogP contribution is 2.30. The van der Waals surface area contributed by atoms with E-state index in [1.807, 2.05) is 12.1 Å². The van der Waals surface area contributed by atoms with Crippen LogP contribution in [0.3, 0.4) is 0 Å². The van der Waals surface area contributed by atoms with Crippen molar-refractivity contribution in [1.82, 2.24) is 4.90 Å². The summed E-state index contributed by atoms with van der Waals surface area (Å²) in [5.74, 6) is 0.943. The lowest BCUT2D eigenvalue weighted by molar-refractivity contribution is 0.124. The van der Waals surface area contributed by atoms with E-state index in [4.69, 9.17) is 18.8 Å². The molecule has 0 atom stereocenters. The van der Waals surface area contributed by atoms with Gasteiger partial charge in [-0.05, 0) is 17.7 Å². The standard InChI is InChI=1S/C20H20BNO6/c1-22-11-18(23)27-21(28-19(24)12-22)16-5-7-17(8-6-16)26-13-15-4-2-3-14-9-10-25-20(14)15/h2-8,11-12,23-24H,9-10,13H2,1H3/b18-11-,19-12?. The largest absolute Gasteiger partial charge is 0.636 e. The van der Waals surface area contributed by atoms with Gasteiger partial charge in [-0.1, -0.05) is 30.3 Å². The van der Waals surface area contributed by atoms with Gasteiger partial charge in [0.15, 0.2) is 0 Å². The number of hydrogen-bond acceptors (Lipinski definition) is 7. The molecule has 2 aliphatic rings. The van der Waals surface area contributed by atoms with Gasteiger partial charge in [-0.3, -0.25) is 0 Å². The van der Waals surface area contributed by atoms with Gasteiger partial charge in [0.05, 0.1) is 19.0 Å². The second-order valence-corrected chi connectivity index (χ2v) is 6.53. The van der Waals surface area contributed by atoms with E-state index in [1.54, 1.807) is 31.3 Å². The van der Waals surface area contributed by atoms with Crippen molar-refractivity contribution in [3.63, 3.8) is 0 Å². The van der Waals surface area contributed by atoms with Crippen LogP contribution < -0.4 is 14.9 Å². The molecule has 0 spiro atoms.